The summed E-state index contributed by atoms with van der Waals surface area (Å²) in [6, 6.07) is 4.22. The van der Waals surface area contributed by atoms with Crippen LogP contribution >= 0.6 is 0 Å². The first-order valence-corrected chi connectivity index (χ1v) is 5.71. The van der Waals surface area contributed by atoms with Gasteiger partial charge < -0.3 is 4.74 Å². The van der Waals surface area contributed by atoms with Crippen molar-refractivity contribution in [3.05, 3.63) is 34.4 Å². The number of rotatable bonds is 3. The molecule has 0 saturated carbocycles. The number of carbonyl (C=O) groups is 1. The molecule has 2 nitrogen and oxygen atoms in total. The van der Waals surface area contributed by atoms with Crippen LogP contribution in [0.5, 0.6) is 0 Å². The molecular weight excluding hydrogens is 200 g/mol. The van der Waals surface area contributed by atoms with Crippen LogP contribution in [0.3, 0.4) is 0 Å². The summed E-state index contributed by atoms with van der Waals surface area (Å²) >= 11 is 0. The first-order chi connectivity index (χ1) is 7.47. The molecular formula is C14H20O2. The van der Waals surface area contributed by atoms with Crippen molar-refractivity contribution in [3.63, 3.8) is 0 Å². The second-order valence-electron chi connectivity index (χ2n) is 4.29. The van der Waals surface area contributed by atoms with Gasteiger partial charge in [-0.2, -0.15) is 0 Å². The van der Waals surface area contributed by atoms with Gasteiger partial charge in [0.15, 0.2) is 0 Å². The third-order valence-electron chi connectivity index (χ3n) is 2.81. The second-order valence-corrected chi connectivity index (χ2v) is 4.29. The van der Waals surface area contributed by atoms with Gasteiger partial charge in [0.2, 0.25) is 0 Å². The molecule has 0 aliphatic carbocycles. The highest BCUT2D eigenvalue weighted by molar-refractivity contribution is 5.78. The van der Waals surface area contributed by atoms with Gasteiger partial charge >= 0.3 is 5.97 Å². The van der Waals surface area contributed by atoms with Crippen LogP contribution in [0.4, 0.5) is 0 Å². The quantitative estimate of drug-likeness (QED) is 0.731. The van der Waals surface area contributed by atoms with E-state index < -0.39 is 0 Å². The maximum atomic E-state index is 11.7. The van der Waals surface area contributed by atoms with E-state index in [4.69, 9.17) is 4.74 Å². The normalized spacial score (nSPS) is 12.3. The number of hydrogen-bond donors (Lipinski definition) is 0. The third-order valence-corrected chi connectivity index (χ3v) is 2.81. The number of ether oxygens (including phenoxy) is 1. The number of carbonyl (C=O) groups excluding carboxylic acids is 1. The Hall–Kier alpha value is -1.31. The van der Waals surface area contributed by atoms with Gasteiger partial charge in [-0.25, -0.2) is 0 Å². The van der Waals surface area contributed by atoms with Gasteiger partial charge in [0, 0.05) is 0 Å². The van der Waals surface area contributed by atoms with Gasteiger partial charge in [-0.05, 0) is 51.3 Å². The van der Waals surface area contributed by atoms with E-state index in [1.54, 1.807) is 0 Å². The highest BCUT2D eigenvalue weighted by Crippen LogP contribution is 2.25. The molecule has 16 heavy (non-hydrogen) atoms. The molecule has 0 radical (unpaired) electrons. The summed E-state index contributed by atoms with van der Waals surface area (Å²) in [5.74, 6) is -0.321. The van der Waals surface area contributed by atoms with Crippen LogP contribution in [-0.2, 0) is 9.53 Å². The molecule has 0 aliphatic heterocycles. The summed E-state index contributed by atoms with van der Waals surface area (Å²) in [5, 5.41) is 0. The molecule has 0 fully saturated rings. The van der Waals surface area contributed by atoms with Gasteiger partial charge in [0.25, 0.3) is 0 Å². The number of esters is 1. The zero-order valence-corrected chi connectivity index (χ0v) is 10.8. The fourth-order valence-electron chi connectivity index (χ4n) is 2.26. The molecule has 0 spiro atoms. The second kappa shape index (κ2) is 5.15. The molecule has 2 heteroatoms. The van der Waals surface area contributed by atoms with Gasteiger partial charge in [0.1, 0.15) is 0 Å². The Labute approximate surface area is 97.6 Å². The molecule has 0 heterocycles. The molecule has 0 saturated heterocycles. The van der Waals surface area contributed by atoms with Crippen molar-refractivity contribution in [2.45, 2.75) is 40.5 Å². The summed E-state index contributed by atoms with van der Waals surface area (Å²) in [5.41, 5.74) is 4.66. The predicted molar refractivity (Wildman–Crippen MR) is 65.7 cm³/mol. The van der Waals surface area contributed by atoms with Crippen molar-refractivity contribution in [2.24, 2.45) is 0 Å². The lowest BCUT2D eigenvalue weighted by Crippen LogP contribution is -2.15. The van der Waals surface area contributed by atoms with Crippen LogP contribution in [0.15, 0.2) is 12.1 Å². The lowest BCUT2D eigenvalue weighted by molar-refractivity contribution is -0.144. The van der Waals surface area contributed by atoms with E-state index in [0.29, 0.717) is 6.61 Å². The van der Waals surface area contributed by atoms with Crippen LogP contribution in [0.1, 0.15) is 42.0 Å². The average molecular weight is 220 g/mol. The van der Waals surface area contributed by atoms with E-state index in [0.717, 1.165) is 16.7 Å². The van der Waals surface area contributed by atoms with Crippen LogP contribution < -0.4 is 0 Å². The molecule has 1 atom stereocenters. The van der Waals surface area contributed by atoms with Crippen LogP contribution in [-0.4, -0.2) is 12.6 Å². The van der Waals surface area contributed by atoms with Gasteiger partial charge in [-0.15, -0.1) is 0 Å². The summed E-state index contributed by atoms with van der Waals surface area (Å²) in [6.07, 6.45) is 0. The maximum Gasteiger partial charge on any atom is 0.313 e. The van der Waals surface area contributed by atoms with Crippen LogP contribution in [0, 0.1) is 20.8 Å². The molecule has 88 valence electrons. The summed E-state index contributed by atoms with van der Waals surface area (Å²) in [6.45, 7) is 10.3. The van der Waals surface area contributed by atoms with Crippen molar-refractivity contribution in [1.82, 2.24) is 0 Å². The largest absolute Gasteiger partial charge is 0.466 e. The minimum atomic E-state index is -0.180. The van der Waals surface area contributed by atoms with Crippen molar-refractivity contribution >= 4 is 5.97 Å². The zero-order valence-electron chi connectivity index (χ0n) is 10.8. The molecule has 0 aliphatic rings. The first-order valence-electron chi connectivity index (χ1n) is 5.71. The van der Waals surface area contributed by atoms with E-state index in [1.807, 2.05) is 27.7 Å². The third kappa shape index (κ3) is 2.63. The molecule has 1 aromatic rings. The lowest BCUT2D eigenvalue weighted by Gasteiger charge is -2.17. The Morgan fingerprint density at radius 2 is 1.75 bits per heavy atom. The summed E-state index contributed by atoms with van der Waals surface area (Å²) < 4.78 is 5.06. The highest BCUT2D eigenvalue weighted by atomic mass is 16.5. The van der Waals surface area contributed by atoms with E-state index in [-0.39, 0.29) is 11.9 Å². The van der Waals surface area contributed by atoms with Crippen molar-refractivity contribution < 1.29 is 9.53 Å². The minimum absolute atomic E-state index is 0.141. The Balaban J connectivity index is 3.08. The van der Waals surface area contributed by atoms with Crippen molar-refractivity contribution in [1.29, 1.82) is 0 Å². The summed E-state index contributed by atoms with van der Waals surface area (Å²) in [7, 11) is 0. The fraction of sp³-hybridized carbons (Fsp3) is 0.500. The van der Waals surface area contributed by atoms with Gasteiger partial charge in [-0.1, -0.05) is 17.7 Å². The molecule has 1 rings (SSSR count). The summed E-state index contributed by atoms with van der Waals surface area (Å²) in [4.78, 5) is 11.7. The van der Waals surface area contributed by atoms with Gasteiger partial charge in [0.05, 0.1) is 12.5 Å². The zero-order chi connectivity index (χ0) is 12.3. The topological polar surface area (TPSA) is 26.3 Å². The van der Waals surface area contributed by atoms with Crippen LogP contribution in [0.2, 0.25) is 0 Å². The van der Waals surface area contributed by atoms with Crippen molar-refractivity contribution in [2.75, 3.05) is 6.61 Å². The molecule has 0 N–H and O–H groups in total. The highest BCUT2D eigenvalue weighted by Gasteiger charge is 2.20. The molecule has 1 aromatic carbocycles. The van der Waals surface area contributed by atoms with Crippen molar-refractivity contribution in [3.8, 4) is 0 Å². The predicted octanol–water partition coefficient (Wildman–Crippen LogP) is 3.28. The Morgan fingerprint density at radius 1 is 1.25 bits per heavy atom. The molecule has 0 aromatic heterocycles. The Bertz CT molecular complexity index is 371. The van der Waals surface area contributed by atoms with Crippen LogP contribution in [0.25, 0.3) is 0 Å². The van der Waals surface area contributed by atoms with E-state index >= 15 is 0 Å². The maximum absolute atomic E-state index is 11.7. The monoisotopic (exact) mass is 220 g/mol. The Kier molecular flexibility index (Phi) is 4.11. The standard InChI is InChI=1S/C14H20O2/c1-6-16-14(15)12(5)13-10(3)7-9(2)8-11(13)4/h7-8,12H,6H2,1-5H3. The minimum Gasteiger partial charge on any atom is -0.466 e. The Morgan fingerprint density at radius 3 is 2.19 bits per heavy atom. The van der Waals surface area contributed by atoms with E-state index in [1.165, 1.54) is 5.56 Å². The average Bonchev–Trinajstić information content (AvgIpc) is 2.16. The lowest BCUT2D eigenvalue weighted by atomic mass is 9.90. The fourth-order valence-corrected chi connectivity index (χ4v) is 2.26. The number of hydrogen-bond acceptors (Lipinski definition) is 2. The smallest absolute Gasteiger partial charge is 0.313 e. The molecule has 0 amide bonds. The van der Waals surface area contributed by atoms with E-state index in [2.05, 4.69) is 19.1 Å². The number of aryl methyl sites for hydroxylation is 3. The molecule has 0 bridgehead atoms. The number of benzene rings is 1. The first kappa shape index (κ1) is 12.8. The molecule has 1 unspecified atom stereocenters. The SMILES string of the molecule is CCOC(=O)C(C)c1c(C)cc(C)cc1C. The van der Waals surface area contributed by atoms with Gasteiger partial charge in [-0.3, -0.25) is 4.79 Å². The van der Waals surface area contributed by atoms with E-state index in [9.17, 15) is 4.79 Å².